The summed E-state index contributed by atoms with van der Waals surface area (Å²) in [6.07, 6.45) is 2.83. The van der Waals surface area contributed by atoms with Gasteiger partial charge in [0.2, 0.25) is 11.0 Å². The largest absolute Gasteiger partial charge is 0.494 e. The highest BCUT2D eigenvalue weighted by Gasteiger charge is 2.06. The number of rotatable bonds is 6. The molecule has 0 radical (unpaired) electrons. The second-order valence-electron chi connectivity index (χ2n) is 4.02. The number of ether oxygens (including phenoxy) is 1. The monoisotopic (exact) mass is 339 g/mol. The van der Waals surface area contributed by atoms with Crippen LogP contribution in [0, 0.1) is 5.82 Å². The summed E-state index contributed by atoms with van der Waals surface area (Å²) in [7, 11) is 1.40. The highest BCUT2D eigenvalue weighted by molar-refractivity contribution is 8.01. The van der Waals surface area contributed by atoms with Gasteiger partial charge in [0.15, 0.2) is 15.9 Å². The predicted octanol–water partition coefficient (Wildman–Crippen LogP) is 3.45. The molecule has 0 saturated heterocycles. The predicted molar refractivity (Wildman–Crippen MR) is 86.9 cm³/mol. The van der Waals surface area contributed by atoms with E-state index in [2.05, 4.69) is 15.5 Å². The van der Waals surface area contributed by atoms with Gasteiger partial charge in [0, 0.05) is 6.08 Å². The standard InChI is InChI=1S/C14H14FN3O2S2/c1-3-21-14-18-17-13(22-14)16-12(19)7-5-9-4-6-11(20-2)10(15)8-9/h4-8H,3H2,1-2H3,(H,16,17,19)/b7-5+. The molecule has 0 aliphatic rings. The summed E-state index contributed by atoms with van der Waals surface area (Å²) in [5.41, 5.74) is 0.563. The SMILES string of the molecule is CCSc1nnc(NC(=O)/C=C/c2ccc(OC)c(F)c2)s1. The van der Waals surface area contributed by atoms with Gasteiger partial charge in [0.25, 0.3) is 0 Å². The normalized spacial score (nSPS) is 10.9. The first-order valence-electron chi connectivity index (χ1n) is 6.41. The summed E-state index contributed by atoms with van der Waals surface area (Å²) in [6, 6.07) is 4.46. The fraction of sp³-hybridized carbons (Fsp3) is 0.214. The number of hydrogen-bond donors (Lipinski definition) is 1. The van der Waals surface area contributed by atoms with E-state index in [1.165, 1.54) is 42.7 Å². The highest BCUT2D eigenvalue weighted by atomic mass is 32.2. The number of carbonyl (C=O) groups is 1. The molecule has 0 spiro atoms. The second-order valence-corrected chi connectivity index (χ2v) is 6.51. The molecule has 0 bridgehead atoms. The minimum Gasteiger partial charge on any atom is -0.494 e. The molecular weight excluding hydrogens is 325 g/mol. The molecule has 0 saturated carbocycles. The Morgan fingerprint density at radius 3 is 3.00 bits per heavy atom. The molecule has 2 rings (SSSR count). The van der Waals surface area contributed by atoms with Crippen LogP contribution in [-0.4, -0.2) is 29.0 Å². The summed E-state index contributed by atoms with van der Waals surface area (Å²) >= 11 is 2.87. The Morgan fingerprint density at radius 2 is 2.32 bits per heavy atom. The van der Waals surface area contributed by atoms with E-state index < -0.39 is 5.82 Å². The topological polar surface area (TPSA) is 64.1 Å². The molecule has 0 atom stereocenters. The fourth-order valence-corrected chi connectivity index (χ4v) is 3.20. The van der Waals surface area contributed by atoms with E-state index in [0.717, 1.165) is 10.1 Å². The first-order chi connectivity index (χ1) is 10.6. The van der Waals surface area contributed by atoms with E-state index in [1.807, 2.05) is 6.92 Å². The number of halogens is 1. The number of carbonyl (C=O) groups excluding carboxylic acids is 1. The lowest BCUT2D eigenvalue weighted by atomic mass is 10.2. The van der Waals surface area contributed by atoms with E-state index in [-0.39, 0.29) is 11.7 Å². The van der Waals surface area contributed by atoms with Gasteiger partial charge in [-0.15, -0.1) is 10.2 Å². The van der Waals surface area contributed by atoms with Gasteiger partial charge in [-0.3, -0.25) is 10.1 Å². The quantitative estimate of drug-likeness (QED) is 0.496. The van der Waals surface area contributed by atoms with Crippen LogP contribution in [0.15, 0.2) is 28.6 Å². The summed E-state index contributed by atoms with van der Waals surface area (Å²) in [4.78, 5) is 11.8. The van der Waals surface area contributed by atoms with Crippen molar-refractivity contribution in [2.75, 3.05) is 18.2 Å². The molecule has 0 aliphatic carbocycles. The second kappa shape index (κ2) is 7.90. The van der Waals surface area contributed by atoms with Crippen LogP contribution in [0.2, 0.25) is 0 Å². The van der Waals surface area contributed by atoms with Crippen molar-refractivity contribution in [3.63, 3.8) is 0 Å². The Kier molecular flexibility index (Phi) is 5.91. The Bertz CT molecular complexity index is 688. The van der Waals surface area contributed by atoms with Crippen LogP contribution >= 0.6 is 23.1 Å². The van der Waals surface area contributed by atoms with Crippen molar-refractivity contribution < 1.29 is 13.9 Å². The lowest BCUT2D eigenvalue weighted by Gasteiger charge is -2.01. The first kappa shape index (κ1) is 16.4. The first-order valence-corrected chi connectivity index (χ1v) is 8.21. The van der Waals surface area contributed by atoms with Crippen LogP contribution < -0.4 is 10.1 Å². The maximum absolute atomic E-state index is 13.5. The molecule has 5 nitrogen and oxygen atoms in total. The highest BCUT2D eigenvalue weighted by Crippen LogP contribution is 2.25. The molecule has 116 valence electrons. The Morgan fingerprint density at radius 1 is 1.50 bits per heavy atom. The third-order valence-corrected chi connectivity index (χ3v) is 4.36. The summed E-state index contributed by atoms with van der Waals surface area (Å²) in [5.74, 6) is 0.234. The third kappa shape index (κ3) is 4.54. The van der Waals surface area contributed by atoms with Gasteiger partial charge in [-0.05, 0) is 29.5 Å². The van der Waals surface area contributed by atoms with Crippen LogP contribution in [0.4, 0.5) is 9.52 Å². The van der Waals surface area contributed by atoms with E-state index in [4.69, 9.17) is 4.74 Å². The molecule has 2 aromatic rings. The Labute approximate surface area is 135 Å². The zero-order valence-electron chi connectivity index (χ0n) is 12.0. The molecule has 1 amide bonds. The smallest absolute Gasteiger partial charge is 0.250 e. The zero-order valence-corrected chi connectivity index (χ0v) is 13.6. The van der Waals surface area contributed by atoms with Crippen LogP contribution in [0.25, 0.3) is 6.08 Å². The molecule has 1 aromatic heterocycles. The van der Waals surface area contributed by atoms with Crippen molar-refractivity contribution in [1.29, 1.82) is 0 Å². The lowest BCUT2D eigenvalue weighted by molar-refractivity contribution is -0.111. The molecule has 0 aliphatic heterocycles. The molecule has 1 aromatic carbocycles. The summed E-state index contributed by atoms with van der Waals surface area (Å²) in [5, 5.41) is 10.9. The van der Waals surface area contributed by atoms with Crippen molar-refractivity contribution in [3.05, 3.63) is 35.7 Å². The number of nitrogens with one attached hydrogen (secondary N) is 1. The van der Waals surface area contributed by atoms with Gasteiger partial charge < -0.3 is 4.74 Å². The average Bonchev–Trinajstić information content (AvgIpc) is 2.93. The molecule has 1 N–H and O–H groups in total. The number of hydrogen-bond acceptors (Lipinski definition) is 6. The Hall–Kier alpha value is -1.93. The van der Waals surface area contributed by atoms with E-state index in [0.29, 0.717) is 10.7 Å². The average molecular weight is 339 g/mol. The number of nitrogens with zero attached hydrogens (tertiary/aromatic N) is 2. The fourth-order valence-electron chi connectivity index (χ4n) is 1.55. The number of anilines is 1. The Balaban J connectivity index is 1.97. The van der Waals surface area contributed by atoms with E-state index in [1.54, 1.807) is 17.8 Å². The van der Waals surface area contributed by atoms with Crippen LogP contribution in [0.1, 0.15) is 12.5 Å². The minimum absolute atomic E-state index is 0.163. The molecule has 22 heavy (non-hydrogen) atoms. The van der Waals surface area contributed by atoms with Gasteiger partial charge in [0.05, 0.1) is 7.11 Å². The number of amides is 1. The maximum atomic E-state index is 13.5. The molecule has 8 heteroatoms. The van der Waals surface area contributed by atoms with E-state index in [9.17, 15) is 9.18 Å². The van der Waals surface area contributed by atoms with Crippen LogP contribution in [0.5, 0.6) is 5.75 Å². The van der Waals surface area contributed by atoms with Crippen molar-refractivity contribution in [1.82, 2.24) is 10.2 Å². The molecule has 0 unspecified atom stereocenters. The van der Waals surface area contributed by atoms with Crippen LogP contribution in [0.3, 0.4) is 0 Å². The minimum atomic E-state index is -0.476. The number of thioether (sulfide) groups is 1. The van der Waals surface area contributed by atoms with Crippen LogP contribution in [-0.2, 0) is 4.79 Å². The van der Waals surface area contributed by atoms with Gasteiger partial charge in [0.1, 0.15) is 0 Å². The molecular formula is C14H14FN3O2S2. The summed E-state index contributed by atoms with van der Waals surface area (Å²) < 4.78 is 19.2. The zero-order chi connectivity index (χ0) is 15.9. The molecule has 0 fully saturated rings. The number of aromatic nitrogens is 2. The third-order valence-electron chi connectivity index (χ3n) is 2.51. The molecule has 1 heterocycles. The van der Waals surface area contributed by atoms with Crippen molar-refractivity contribution in [3.8, 4) is 5.75 Å². The van der Waals surface area contributed by atoms with E-state index >= 15 is 0 Å². The van der Waals surface area contributed by atoms with Crippen molar-refractivity contribution in [2.45, 2.75) is 11.3 Å². The van der Waals surface area contributed by atoms with Crippen molar-refractivity contribution >= 4 is 40.2 Å². The lowest BCUT2D eigenvalue weighted by Crippen LogP contribution is -2.07. The maximum Gasteiger partial charge on any atom is 0.250 e. The van der Waals surface area contributed by atoms with Gasteiger partial charge in [-0.25, -0.2) is 4.39 Å². The number of benzene rings is 1. The van der Waals surface area contributed by atoms with Crippen molar-refractivity contribution in [2.24, 2.45) is 0 Å². The van der Waals surface area contributed by atoms with Gasteiger partial charge in [-0.2, -0.15) is 0 Å². The summed E-state index contributed by atoms with van der Waals surface area (Å²) in [6.45, 7) is 2.01. The van der Waals surface area contributed by atoms with Gasteiger partial charge in [-0.1, -0.05) is 36.1 Å². The van der Waals surface area contributed by atoms with Gasteiger partial charge >= 0.3 is 0 Å². The number of methoxy groups -OCH3 is 1.